The maximum absolute atomic E-state index is 13.0. The summed E-state index contributed by atoms with van der Waals surface area (Å²) in [4.78, 5) is 39.1. The van der Waals surface area contributed by atoms with Gasteiger partial charge >= 0.3 is 17.9 Å². The van der Waals surface area contributed by atoms with Gasteiger partial charge in [0.2, 0.25) is 0 Å². The molecule has 0 spiro atoms. The van der Waals surface area contributed by atoms with E-state index in [-0.39, 0.29) is 106 Å². The lowest BCUT2D eigenvalue weighted by molar-refractivity contribution is -0.148. The predicted molar refractivity (Wildman–Crippen MR) is 546 cm³/mol. The zero-order valence-electron chi connectivity index (χ0n) is 85.7. The molecule has 9 rings (SSSR count). The van der Waals surface area contributed by atoms with Gasteiger partial charge < -0.3 is 70.1 Å². The van der Waals surface area contributed by atoms with Crippen LogP contribution in [0, 0.1) is 17.8 Å². The van der Waals surface area contributed by atoms with Gasteiger partial charge in [0.25, 0.3) is 0 Å². The Bertz CT molecular complexity index is 3690. The summed E-state index contributed by atoms with van der Waals surface area (Å²) in [5.74, 6) is 0.188. The van der Waals surface area contributed by atoms with Gasteiger partial charge in [0, 0.05) is 58.8 Å². The largest absolute Gasteiger partial charge is 0.456 e. The van der Waals surface area contributed by atoms with E-state index in [0.29, 0.717) is 76.1 Å². The Morgan fingerprint density at radius 2 is 0.606 bits per heavy atom. The van der Waals surface area contributed by atoms with Crippen LogP contribution in [0.1, 0.15) is 239 Å². The van der Waals surface area contributed by atoms with Gasteiger partial charge in [0.05, 0.1) is 93.1 Å². The highest BCUT2D eigenvalue weighted by Gasteiger charge is 2.43. The molecule has 0 aromatic carbocycles. The summed E-state index contributed by atoms with van der Waals surface area (Å²) in [6, 6.07) is 0. The first-order chi connectivity index (χ1) is 62.3. The van der Waals surface area contributed by atoms with Crippen molar-refractivity contribution in [2.75, 3.05) is 41.2 Å². The van der Waals surface area contributed by atoms with Crippen LogP contribution in [0.2, 0.25) is 54.4 Å². The quantitative estimate of drug-likeness (QED) is 0.0544. The first-order valence-corrected chi connectivity index (χ1v) is 58.0. The van der Waals surface area contributed by atoms with Crippen molar-refractivity contribution in [3.63, 3.8) is 0 Å². The molecule has 18 nitrogen and oxygen atoms in total. The van der Waals surface area contributed by atoms with Gasteiger partial charge in [-0.2, -0.15) is 0 Å². The van der Waals surface area contributed by atoms with Gasteiger partial charge in [-0.15, -0.1) is 0 Å². The van der Waals surface area contributed by atoms with Crippen molar-refractivity contribution in [2.45, 2.75) is 403 Å². The molecule has 0 saturated heterocycles. The molecule has 0 fully saturated rings. The third-order valence-electron chi connectivity index (χ3n) is 27.6. The second kappa shape index (κ2) is 55.5. The molecule has 132 heavy (non-hydrogen) atoms. The molecule has 0 aromatic heterocycles. The number of ether oxygens (including phenoxy) is 12. The standard InChI is InChI=1S/3C37H58O6Si/c3*1-27-21-22-40-31(24-27)19-20-34(39-7)35-17-11-16-33(43-44(8,9)37(4,5)6)26-29(3)23-28(2)25-32-15-10-13-30(41-32)14-12-18-36(38)42-35/h3*10-13,16,18-21,28,30-35H,3,14-15,17,22-26H2,1-2,4-9H3/b3*16-11+,18-12-,20-19+/t2*28-,30-,31+,32-,33+,34-,35-;28-,30-,31+,32-,33-,34-,35-/m000/s1. The second-order valence-corrected chi connectivity index (χ2v) is 57.4. The van der Waals surface area contributed by atoms with Gasteiger partial charge in [-0.3, -0.25) is 0 Å². The van der Waals surface area contributed by atoms with Crippen molar-refractivity contribution in [1.82, 2.24) is 0 Å². The molecule has 0 N–H and O–H groups in total. The molecule has 9 aliphatic heterocycles. The van der Waals surface area contributed by atoms with Gasteiger partial charge in [-0.05, 0) is 208 Å². The highest BCUT2D eigenvalue weighted by molar-refractivity contribution is 6.75. The number of methoxy groups -OCH3 is 3. The summed E-state index contributed by atoms with van der Waals surface area (Å²) in [5.41, 5.74) is 7.49. The maximum Gasteiger partial charge on any atom is 0.330 e. The zero-order chi connectivity index (χ0) is 97.0. The Hall–Kier alpha value is -6.10. The highest BCUT2D eigenvalue weighted by atomic mass is 28.4. The first-order valence-electron chi connectivity index (χ1n) is 49.3. The van der Waals surface area contributed by atoms with Crippen molar-refractivity contribution in [1.29, 1.82) is 0 Å². The molecule has 21 atom stereocenters. The van der Waals surface area contributed by atoms with E-state index in [1.807, 2.05) is 54.7 Å². The number of fused-ring (bicyclic) bond motifs is 6. The molecule has 6 bridgehead atoms. The van der Waals surface area contributed by atoms with E-state index in [0.717, 1.165) is 96.3 Å². The lowest BCUT2D eigenvalue weighted by Gasteiger charge is -2.39. The average molecular weight is 1880 g/mol. The van der Waals surface area contributed by atoms with E-state index in [1.54, 1.807) is 21.3 Å². The normalized spacial score (nSPS) is 32.3. The summed E-state index contributed by atoms with van der Waals surface area (Å²) in [6.45, 7) is 62.5. The SMILES string of the molecule is C=C1C[C@H](C)C[C@@H]2CC=C[C@@H](C/C=C\C(=O)O[C@H]([C@H](/C=C/[C@@H]3CC(C)=CCO3)OC)C/C=C/[C@@H](O[Si](C)(C)C(C)(C)C)C1)O2.C=C1C[C@H](C)C[C@@H]2CC=C[C@@H](C/C=C\C(=O)O[C@H]([C@H](/C=C/[C@@H]3CC(C)=CCO3)OC)C/C=C/[C@@H](O[Si](C)(C)C(C)(C)C)C1)O2.C=C1C[C@H](C)C[C@@H]2CC=C[C@@H](C/C=C\C(=O)O[C@H]([C@H](/C=C/[C@@H]3CC(C)=CCO3)OC)C/C=C/[C@H](O[Si](C)(C)C(C)(C)C)C1)O2. The van der Waals surface area contributed by atoms with E-state index in [2.05, 4.69) is 254 Å². The van der Waals surface area contributed by atoms with Crippen LogP contribution in [0.15, 0.2) is 217 Å². The highest BCUT2D eigenvalue weighted by Crippen LogP contribution is 2.43. The smallest absolute Gasteiger partial charge is 0.330 e. The van der Waals surface area contributed by atoms with Crippen LogP contribution in [0.4, 0.5) is 0 Å². The molecule has 9 aliphatic rings. The molecule has 0 saturated carbocycles. The molecule has 0 aliphatic carbocycles. The monoisotopic (exact) mass is 1880 g/mol. The number of rotatable bonds is 18. The fraction of sp³-hybridized carbons (Fsp3) is 0.649. The molecule has 21 heteroatoms. The summed E-state index contributed by atoms with van der Waals surface area (Å²) in [5, 5.41) is 0.235. The third kappa shape index (κ3) is 41.3. The fourth-order valence-corrected chi connectivity index (χ4v) is 20.9. The molecule has 0 aromatic rings. The Morgan fingerprint density at radius 3 is 0.841 bits per heavy atom. The maximum atomic E-state index is 13.0. The number of hydrogen-bond acceptors (Lipinski definition) is 18. The van der Waals surface area contributed by atoms with Crippen LogP contribution in [-0.2, 0) is 84.5 Å². The summed E-state index contributed by atoms with van der Waals surface area (Å²) < 4.78 is 93.2. The number of esters is 3. The molecule has 0 radical (unpaired) electrons. The molecular weight excluding hydrogens is 1710 g/mol. The summed E-state index contributed by atoms with van der Waals surface area (Å²) in [6.07, 6.45) is 67.8. The van der Waals surface area contributed by atoms with E-state index in [1.165, 1.54) is 51.7 Å². The minimum atomic E-state index is -2.05. The molecule has 0 unspecified atom stereocenters. The Kier molecular flexibility index (Phi) is 47.5. The van der Waals surface area contributed by atoms with Gasteiger partial charge in [0.1, 0.15) is 36.6 Å². The number of hydrogen-bond donors (Lipinski definition) is 0. The van der Waals surface area contributed by atoms with Gasteiger partial charge in [-0.1, -0.05) is 282 Å². The van der Waals surface area contributed by atoms with Gasteiger partial charge in [-0.25, -0.2) is 14.4 Å². The number of cyclic esters (lactones) is 3. The van der Waals surface area contributed by atoms with Crippen molar-refractivity contribution < 1.29 is 84.5 Å². The summed E-state index contributed by atoms with van der Waals surface area (Å²) >= 11 is 0. The van der Waals surface area contributed by atoms with E-state index in [4.69, 9.17) is 70.1 Å². The van der Waals surface area contributed by atoms with Crippen LogP contribution in [-0.4, -0.2) is 194 Å². The average Bonchev–Trinajstić information content (AvgIpc) is 0.830. The Balaban J connectivity index is 0.000000271. The van der Waals surface area contributed by atoms with Crippen LogP contribution in [0.25, 0.3) is 0 Å². The van der Waals surface area contributed by atoms with E-state index < -0.39 is 61.6 Å². The Morgan fingerprint density at radius 1 is 0.356 bits per heavy atom. The lowest BCUT2D eigenvalue weighted by atomic mass is 9.91. The number of carbonyl (C=O) groups is 3. The molecule has 738 valence electrons. The van der Waals surface area contributed by atoms with Crippen molar-refractivity contribution in [3.05, 3.63) is 217 Å². The van der Waals surface area contributed by atoms with Crippen molar-refractivity contribution >= 4 is 42.9 Å². The Labute approximate surface area is 801 Å². The van der Waals surface area contributed by atoms with Crippen LogP contribution < -0.4 is 0 Å². The summed E-state index contributed by atoms with van der Waals surface area (Å²) in [7, 11) is -1.21. The van der Waals surface area contributed by atoms with Crippen LogP contribution in [0.5, 0.6) is 0 Å². The van der Waals surface area contributed by atoms with Crippen molar-refractivity contribution in [2.24, 2.45) is 17.8 Å². The molecule has 9 heterocycles. The molecule has 0 amide bonds. The van der Waals surface area contributed by atoms with E-state index >= 15 is 0 Å². The van der Waals surface area contributed by atoms with Crippen LogP contribution in [0.3, 0.4) is 0 Å². The second-order valence-electron chi connectivity index (χ2n) is 43.1. The van der Waals surface area contributed by atoms with Gasteiger partial charge in [0.15, 0.2) is 25.0 Å². The minimum Gasteiger partial charge on any atom is -0.456 e. The third-order valence-corrected chi connectivity index (χ3v) is 41.1. The lowest BCUT2D eigenvalue weighted by Crippen LogP contribution is -2.43. The first kappa shape index (κ1) is 113. The predicted octanol–water partition coefficient (Wildman–Crippen LogP) is 25.7. The topological polar surface area (TPSA) is 190 Å². The van der Waals surface area contributed by atoms with Crippen molar-refractivity contribution in [3.8, 4) is 0 Å². The van der Waals surface area contributed by atoms with E-state index in [9.17, 15) is 14.4 Å². The zero-order valence-corrected chi connectivity index (χ0v) is 88.7. The fourth-order valence-electron chi connectivity index (χ4n) is 17.1. The number of carbonyl (C=O) groups excluding carboxylic acids is 3. The minimum absolute atomic E-state index is 0.0221. The molecular formula is C111H174O18Si3. The van der Waals surface area contributed by atoms with Crippen LogP contribution >= 0.6 is 0 Å².